The zero-order chi connectivity index (χ0) is 13.8. The van der Waals surface area contributed by atoms with Crippen LogP contribution >= 0.6 is 0 Å². The summed E-state index contributed by atoms with van der Waals surface area (Å²) in [6, 6.07) is -0.338. The molecule has 4 N–H and O–H groups in total. The Kier molecular flexibility index (Phi) is 9.34. The molecule has 18 heavy (non-hydrogen) atoms. The van der Waals surface area contributed by atoms with Crippen LogP contribution in [0.5, 0.6) is 0 Å². The molecular formula is C11H21N3O4. The van der Waals surface area contributed by atoms with Crippen molar-refractivity contribution in [1.29, 1.82) is 0 Å². The number of nitrogens with one attached hydrogen (secondary N) is 3. The highest BCUT2D eigenvalue weighted by atomic mass is 16.4. The number of hydrogen-bond donors (Lipinski definition) is 4. The number of carbonyl (C=O) groups is 3. The van der Waals surface area contributed by atoms with E-state index in [0.29, 0.717) is 25.9 Å². The number of aliphatic carboxylic acids is 1. The van der Waals surface area contributed by atoms with Gasteiger partial charge in [0.25, 0.3) is 0 Å². The van der Waals surface area contributed by atoms with Crippen LogP contribution in [0, 0.1) is 0 Å². The number of unbranched alkanes of at least 4 members (excludes halogenated alkanes) is 1. The Morgan fingerprint density at radius 3 is 2.22 bits per heavy atom. The lowest BCUT2D eigenvalue weighted by Crippen LogP contribution is -2.38. The van der Waals surface area contributed by atoms with Gasteiger partial charge in [-0.1, -0.05) is 0 Å². The molecule has 0 atom stereocenters. The lowest BCUT2D eigenvalue weighted by atomic mass is 10.2. The molecule has 0 saturated heterocycles. The van der Waals surface area contributed by atoms with Crippen molar-refractivity contribution in [2.45, 2.75) is 32.6 Å². The van der Waals surface area contributed by atoms with E-state index in [1.807, 2.05) is 6.92 Å². The first kappa shape index (κ1) is 16.2. The predicted octanol–water partition coefficient (Wildman–Crippen LogP) is 0.0667. The maximum atomic E-state index is 11.2. The molecule has 7 heteroatoms. The van der Waals surface area contributed by atoms with Crippen LogP contribution in [0.15, 0.2) is 0 Å². The van der Waals surface area contributed by atoms with Gasteiger partial charge in [0.15, 0.2) is 0 Å². The molecule has 0 saturated carbocycles. The Labute approximate surface area is 106 Å². The normalized spacial score (nSPS) is 9.61. The van der Waals surface area contributed by atoms with Crippen molar-refractivity contribution >= 4 is 17.9 Å². The molecule has 0 aliphatic carbocycles. The van der Waals surface area contributed by atoms with Gasteiger partial charge in [0.05, 0.1) is 0 Å². The van der Waals surface area contributed by atoms with Crippen molar-refractivity contribution in [1.82, 2.24) is 16.0 Å². The molecule has 0 aromatic heterocycles. The van der Waals surface area contributed by atoms with E-state index in [2.05, 4.69) is 16.0 Å². The zero-order valence-corrected chi connectivity index (χ0v) is 10.6. The highest BCUT2D eigenvalue weighted by Gasteiger charge is 2.02. The van der Waals surface area contributed by atoms with Crippen LogP contribution in [0.4, 0.5) is 4.79 Å². The van der Waals surface area contributed by atoms with Crippen LogP contribution < -0.4 is 16.0 Å². The van der Waals surface area contributed by atoms with Crippen molar-refractivity contribution in [3.8, 4) is 0 Å². The van der Waals surface area contributed by atoms with Gasteiger partial charge in [-0.15, -0.1) is 0 Å². The van der Waals surface area contributed by atoms with Crippen LogP contribution in [0.1, 0.15) is 32.6 Å². The molecule has 0 aliphatic heterocycles. The summed E-state index contributed by atoms with van der Waals surface area (Å²) in [7, 11) is 0. The van der Waals surface area contributed by atoms with Gasteiger partial charge >= 0.3 is 12.0 Å². The average molecular weight is 259 g/mol. The second-order valence-corrected chi connectivity index (χ2v) is 3.74. The maximum absolute atomic E-state index is 11.2. The Hall–Kier alpha value is -1.79. The third-order valence-electron chi connectivity index (χ3n) is 2.11. The van der Waals surface area contributed by atoms with Gasteiger partial charge in [-0.2, -0.15) is 0 Å². The van der Waals surface area contributed by atoms with E-state index in [-0.39, 0.29) is 31.3 Å². The number of carboxylic acid groups (broad SMARTS) is 1. The first-order valence-corrected chi connectivity index (χ1v) is 6.06. The van der Waals surface area contributed by atoms with Crippen molar-refractivity contribution in [2.75, 3.05) is 19.6 Å². The SMILES string of the molecule is CCNC(=O)CCNC(=O)NCCCCC(=O)O. The predicted molar refractivity (Wildman–Crippen MR) is 66.2 cm³/mol. The molecule has 7 nitrogen and oxygen atoms in total. The van der Waals surface area contributed by atoms with Crippen LogP contribution in [-0.2, 0) is 9.59 Å². The molecule has 104 valence electrons. The number of urea groups is 1. The monoisotopic (exact) mass is 259 g/mol. The third-order valence-corrected chi connectivity index (χ3v) is 2.11. The standard InChI is InChI=1S/C11H21N3O4/c1-2-12-9(15)6-8-14-11(18)13-7-4-3-5-10(16)17/h2-8H2,1H3,(H,12,15)(H,16,17)(H2,13,14,18). The van der Waals surface area contributed by atoms with Crippen molar-refractivity contribution in [3.05, 3.63) is 0 Å². The zero-order valence-electron chi connectivity index (χ0n) is 10.6. The van der Waals surface area contributed by atoms with Gasteiger partial charge in [0.1, 0.15) is 0 Å². The molecule has 3 amide bonds. The number of carbonyl (C=O) groups excluding carboxylic acids is 2. The van der Waals surface area contributed by atoms with Gasteiger partial charge in [0, 0.05) is 32.5 Å². The van der Waals surface area contributed by atoms with Gasteiger partial charge in [-0.05, 0) is 19.8 Å². The lowest BCUT2D eigenvalue weighted by Gasteiger charge is -2.07. The van der Waals surface area contributed by atoms with Gasteiger partial charge in [0.2, 0.25) is 5.91 Å². The topological polar surface area (TPSA) is 108 Å². The van der Waals surface area contributed by atoms with E-state index < -0.39 is 5.97 Å². The Balaban J connectivity index is 3.37. The number of amides is 3. The summed E-state index contributed by atoms with van der Waals surface area (Å²) in [6.45, 7) is 3.12. The van der Waals surface area contributed by atoms with E-state index in [1.165, 1.54) is 0 Å². The fourth-order valence-electron chi connectivity index (χ4n) is 1.24. The van der Waals surface area contributed by atoms with Gasteiger partial charge < -0.3 is 21.1 Å². The molecule has 0 aromatic rings. The van der Waals surface area contributed by atoms with Crippen LogP contribution in [-0.4, -0.2) is 42.6 Å². The van der Waals surface area contributed by atoms with E-state index in [1.54, 1.807) is 0 Å². The summed E-state index contributed by atoms with van der Waals surface area (Å²) < 4.78 is 0. The van der Waals surface area contributed by atoms with E-state index in [0.717, 1.165) is 0 Å². The molecule has 0 aromatic carbocycles. The highest BCUT2D eigenvalue weighted by Crippen LogP contribution is 1.93. The molecule has 0 aliphatic rings. The summed E-state index contributed by atoms with van der Waals surface area (Å²) in [5.74, 6) is -0.930. The summed E-state index contributed by atoms with van der Waals surface area (Å²) in [5.41, 5.74) is 0. The third kappa shape index (κ3) is 10.7. The summed E-state index contributed by atoms with van der Waals surface area (Å²) in [5, 5.41) is 16.2. The first-order valence-electron chi connectivity index (χ1n) is 6.06. The highest BCUT2D eigenvalue weighted by molar-refractivity contribution is 5.78. The smallest absolute Gasteiger partial charge is 0.314 e. The minimum Gasteiger partial charge on any atom is -0.481 e. The summed E-state index contributed by atoms with van der Waals surface area (Å²) in [4.78, 5) is 32.5. The molecular weight excluding hydrogens is 238 g/mol. The second kappa shape index (κ2) is 10.4. The molecule has 0 bridgehead atoms. The Morgan fingerprint density at radius 2 is 1.61 bits per heavy atom. The fourth-order valence-corrected chi connectivity index (χ4v) is 1.24. The van der Waals surface area contributed by atoms with Crippen molar-refractivity contribution < 1.29 is 19.5 Å². The van der Waals surface area contributed by atoms with Crippen molar-refractivity contribution in [3.63, 3.8) is 0 Å². The van der Waals surface area contributed by atoms with E-state index in [4.69, 9.17) is 5.11 Å². The van der Waals surface area contributed by atoms with Crippen LogP contribution in [0.2, 0.25) is 0 Å². The molecule has 0 radical (unpaired) electrons. The molecule has 0 unspecified atom stereocenters. The molecule has 0 fully saturated rings. The summed E-state index contributed by atoms with van der Waals surface area (Å²) in [6.07, 6.45) is 1.52. The largest absolute Gasteiger partial charge is 0.481 e. The number of rotatable bonds is 9. The van der Waals surface area contributed by atoms with Gasteiger partial charge in [-0.25, -0.2) is 4.79 Å². The van der Waals surface area contributed by atoms with Crippen molar-refractivity contribution in [2.24, 2.45) is 0 Å². The lowest BCUT2D eigenvalue weighted by molar-refractivity contribution is -0.137. The molecule has 0 rings (SSSR count). The number of carboxylic acids is 1. The van der Waals surface area contributed by atoms with Crippen LogP contribution in [0.25, 0.3) is 0 Å². The quantitative estimate of drug-likeness (QED) is 0.439. The molecule has 0 spiro atoms. The Bertz CT molecular complexity index is 281. The number of hydrogen-bond acceptors (Lipinski definition) is 3. The fraction of sp³-hybridized carbons (Fsp3) is 0.727. The van der Waals surface area contributed by atoms with E-state index >= 15 is 0 Å². The van der Waals surface area contributed by atoms with Crippen LogP contribution in [0.3, 0.4) is 0 Å². The second-order valence-electron chi connectivity index (χ2n) is 3.74. The minimum absolute atomic E-state index is 0.0979. The molecule has 0 heterocycles. The summed E-state index contributed by atoms with van der Waals surface area (Å²) >= 11 is 0. The maximum Gasteiger partial charge on any atom is 0.314 e. The van der Waals surface area contributed by atoms with Gasteiger partial charge in [-0.3, -0.25) is 9.59 Å². The minimum atomic E-state index is -0.832. The first-order chi connectivity index (χ1) is 8.56. The average Bonchev–Trinajstić information content (AvgIpc) is 2.28. The Morgan fingerprint density at radius 1 is 0.944 bits per heavy atom. The van der Waals surface area contributed by atoms with E-state index in [9.17, 15) is 14.4 Å².